The normalized spacial score (nSPS) is 16.9. The molecule has 2 N–H and O–H groups in total. The lowest BCUT2D eigenvalue weighted by Gasteiger charge is -2.33. The lowest BCUT2D eigenvalue weighted by Crippen LogP contribution is -2.41. The van der Waals surface area contributed by atoms with Crippen molar-refractivity contribution in [3.8, 4) is 0 Å². The zero-order valence-electron chi connectivity index (χ0n) is 15.3. The van der Waals surface area contributed by atoms with Crippen LogP contribution in [0.4, 0.5) is 5.69 Å². The van der Waals surface area contributed by atoms with E-state index in [0.29, 0.717) is 12.1 Å². The van der Waals surface area contributed by atoms with Gasteiger partial charge < -0.3 is 15.4 Å². The lowest BCUT2D eigenvalue weighted by atomic mass is 9.97. The number of primary amides is 1. The lowest BCUT2D eigenvalue weighted by molar-refractivity contribution is -0.122. The van der Waals surface area contributed by atoms with Crippen LogP contribution in [0.5, 0.6) is 0 Å². The van der Waals surface area contributed by atoms with Crippen LogP contribution in [0.3, 0.4) is 0 Å². The minimum Gasteiger partial charge on any atom is -0.455 e. The van der Waals surface area contributed by atoms with E-state index in [4.69, 9.17) is 10.5 Å². The van der Waals surface area contributed by atoms with Crippen molar-refractivity contribution >= 4 is 39.1 Å². The Balaban J connectivity index is 1.37. The number of benzene rings is 2. The van der Waals surface area contributed by atoms with Crippen molar-refractivity contribution < 1.29 is 14.3 Å². The number of esters is 1. The quantitative estimate of drug-likeness (QED) is 0.670. The topological polar surface area (TPSA) is 85.5 Å². The molecular weight excluding hydrogens is 374 g/mol. The fourth-order valence-corrected chi connectivity index (χ4v) is 4.33. The Morgan fingerprint density at radius 2 is 1.96 bits per heavy atom. The van der Waals surface area contributed by atoms with E-state index in [1.165, 1.54) is 11.3 Å². The van der Waals surface area contributed by atoms with E-state index >= 15 is 0 Å². The third-order valence-corrected chi connectivity index (χ3v) is 5.97. The van der Waals surface area contributed by atoms with Gasteiger partial charge in [0.25, 0.3) is 0 Å². The van der Waals surface area contributed by atoms with Gasteiger partial charge in [0.05, 0.1) is 21.7 Å². The predicted molar refractivity (Wildman–Crippen MR) is 109 cm³/mol. The number of ether oxygens (including phenoxy) is 1. The molecular formula is C21H21N3O3S. The minimum atomic E-state index is -0.375. The third-order valence-electron chi connectivity index (χ3n) is 4.96. The summed E-state index contributed by atoms with van der Waals surface area (Å²) in [6.45, 7) is 1.66. The first-order valence-corrected chi connectivity index (χ1v) is 10.1. The van der Waals surface area contributed by atoms with Crippen LogP contribution in [0, 0.1) is 5.92 Å². The molecule has 1 amide bonds. The monoisotopic (exact) mass is 395 g/mol. The number of carbonyl (C=O) groups excluding carboxylic acids is 2. The number of hydrogen-bond acceptors (Lipinski definition) is 6. The molecule has 144 valence electrons. The van der Waals surface area contributed by atoms with Crippen LogP contribution in [0.2, 0.25) is 0 Å². The molecule has 0 bridgehead atoms. The molecule has 1 saturated heterocycles. The van der Waals surface area contributed by atoms with Gasteiger partial charge >= 0.3 is 5.97 Å². The fraction of sp³-hybridized carbons (Fsp3) is 0.286. The van der Waals surface area contributed by atoms with Gasteiger partial charge in [0.15, 0.2) is 0 Å². The van der Waals surface area contributed by atoms with Gasteiger partial charge in [-0.15, -0.1) is 11.3 Å². The molecule has 2 heterocycles. The van der Waals surface area contributed by atoms with Crippen molar-refractivity contribution in [2.75, 3.05) is 18.0 Å². The highest BCUT2D eigenvalue weighted by Crippen LogP contribution is 2.25. The number of rotatable bonds is 5. The number of carbonyl (C=O) groups is 2. The molecule has 0 saturated carbocycles. The highest BCUT2D eigenvalue weighted by atomic mass is 32.1. The zero-order chi connectivity index (χ0) is 19.5. The Kier molecular flexibility index (Phi) is 5.25. The maximum absolute atomic E-state index is 12.3. The van der Waals surface area contributed by atoms with Crippen LogP contribution in [0.15, 0.2) is 48.5 Å². The second kappa shape index (κ2) is 7.98. The van der Waals surface area contributed by atoms with Gasteiger partial charge in [-0.25, -0.2) is 9.78 Å². The summed E-state index contributed by atoms with van der Waals surface area (Å²) < 4.78 is 6.49. The number of thiazole rings is 1. The molecule has 6 nitrogen and oxygen atoms in total. The van der Waals surface area contributed by atoms with E-state index in [0.717, 1.165) is 40.3 Å². The first kappa shape index (κ1) is 18.4. The molecule has 0 aliphatic carbocycles. The van der Waals surface area contributed by atoms with Crippen molar-refractivity contribution in [3.63, 3.8) is 0 Å². The van der Waals surface area contributed by atoms with Gasteiger partial charge in [-0.1, -0.05) is 12.1 Å². The van der Waals surface area contributed by atoms with Crippen LogP contribution in [0.1, 0.15) is 28.2 Å². The number of nitrogens with two attached hydrogens (primary N) is 1. The van der Waals surface area contributed by atoms with E-state index in [9.17, 15) is 9.59 Å². The van der Waals surface area contributed by atoms with E-state index < -0.39 is 0 Å². The molecule has 0 spiro atoms. The molecule has 1 fully saturated rings. The second-order valence-electron chi connectivity index (χ2n) is 6.89. The van der Waals surface area contributed by atoms with Crippen LogP contribution in [-0.2, 0) is 16.1 Å². The Hall–Kier alpha value is -2.93. The standard InChI is InChI=1S/C21H21N3O3S/c22-20(25)15-4-3-11-24(12-15)16-9-7-14(8-10-16)21(26)27-13-19-23-17-5-1-2-6-18(17)28-19/h1-2,5-10,15H,3-4,11-13H2,(H2,22,25). The maximum Gasteiger partial charge on any atom is 0.338 e. The Morgan fingerprint density at radius 3 is 2.71 bits per heavy atom. The number of fused-ring (bicyclic) bond motifs is 1. The van der Waals surface area contributed by atoms with Crippen molar-refractivity contribution in [1.29, 1.82) is 0 Å². The van der Waals surface area contributed by atoms with E-state index in [2.05, 4.69) is 9.88 Å². The fourth-order valence-electron chi connectivity index (χ4n) is 3.44. The Labute approximate surface area is 166 Å². The number of aromatic nitrogens is 1. The first-order chi connectivity index (χ1) is 13.6. The van der Waals surface area contributed by atoms with E-state index in [1.807, 2.05) is 36.4 Å². The van der Waals surface area contributed by atoms with Gasteiger partial charge in [0.2, 0.25) is 5.91 Å². The Bertz CT molecular complexity index is 967. The number of piperidine rings is 1. The van der Waals surface area contributed by atoms with Crippen LogP contribution >= 0.6 is 11.3 Å². The molecule has 1 aromatic heterocycles. The maximum atomic E-state index is 12.3. The average molecular weight is 395 g/mol. The average Bonchev–Trinajstić information content (AvgIpc) is 3.15. The molecule has 1 unspecified atom stereocenters. The molecule has 0 radical (unpaired) electrons. The minimum absolute atomic E-state index is 0.118. The molecule has 1 atom stereocenters. The molecule has 3 aromatic rings. The number of nitrogens with zero attached hydrogens (tertiary/aromatic N) is 2. The Morgan fingerprint density at radius 1 is 1.18 bits per heavy atom. The van der Waals surface area contributed by atoms with Crippen LogP contribution in [-0.4, -0.2) is 29.9 Å². The van der Waals surface area contributed by atoms with Gasteiger partial charge in [-0.2, -0.15) is 0 Å². The second-order valence-corrected chi connectivity index (χ2v) is 8.00. The highest BCUT2D eigenvalue weighted by molar-refractivity contribution is 7.18. The number of hydrogen-bond donors (Lipinski definition) is 1. The summed E-state index contributed by atoms with van der Waals surface area (Å²) in [5, 5.41) is 0.775. The molecule has 4 rings (SSSR count). The smallest absolute Gasteiger partial charge is 0.338 e. The number of anilines is 1. The van der Waals surface area contributed by atoms with Gasteiger partial charge in [0, 0.05) is 18.8 Å². The predicted octanol–water partition coefficient (Wildman–Crippen LogP) is 3.36. The summed E-state index contributed by atoms with van der Waals surface area (Å²) in [5.74, 6) is -0.744. The third kappa shape index (κ3) is 3.99. The van der Waals surface area contributed by atoms with Crippen molar-refractivity contribution in [1.82, 2.24) is 4.98 Å². The van der Waals surface area contributed by atoms with Gasteiger partial charge in [-0.3, -0.25) is 4.79 Å². The van der Waals surface area contributed by atoms with E-state index in [-0.39, 0.29) is 24.4 Å². The number of amides is 1. The summed E-state index contributed by atoms with van der Waals surface area (Å²) >= 11 is 1.53. The SMILES string of the molecule is NC(=O)C1CCCN(c2ccc(C(=O)OCc3nc4ccccc4s3)cc2)C1. The first-order valence-electron chi connectivity index (χ1n) is 9.26. The molecule has 28 heavy (non-hydrogen) atoms. The largest absolute Gasteiger partial charge is 0.455 e. The van der Waals surface area contributed by atoms with Gasteiger partial charge in [0.1, 0.15) is 11.6 Å². The molecule has 1 aliphatic heterocycles. The summed E-state index contributed by atoms with van der Waals surface area (Å²) in [6, 6.07) is 15.1. The molecule has 1 aliphatic rings. The van der Waals surface area contributed by atoms with Crippen LogP contribution in [0.25, 0.3) is 10.2 Å². The van der Waals surface area contributed by atoms with E-state index in [1.54, 1.807) is 12.1 Å². The summed E-state index contributed by atoms with van der Waals surface area (Å²) in [6.07, 6.45) is 1.77. The summed E-state index contributed by atoms with van der Waals surface area (Å²) in [4.78, 5) is 30.4. The van der Waals surface area contributed by atoms with Crippen LogP contribution < -0.4 is 10.6 Å². The van der Waals surface area contributed by atoms with Crippen molar-refractivity contribution in [3.05, 3.63) is 59.1 Å². The molecule has 2 aromatic carbocycles. The summed E-state index contributed by atoms with van der Waals surface area (Å²) in [7, 11) is 0. The number of para-hydroxylation sites is 1. The van der Waals surface area contributed by atoms with Crippen molar-refractivity contribution in [2.45, 2.75) is 19.4 Å². The molecule has 7 heteroatoms. The highest BCUT2D eigenvalue weighted by Gasteiger charge is 2.24. The summed E-state index contributed by atoms with van der Waals surface area (Å²) in [5.41, 5.74) is 7.84. The van der Waals surface area contributed by atoms with Gasteiger partial charge in [-0.05, 0) is 49.2 Å². The zero-order valence-corrected chi connectivity index (χ0v) is 16.2. The van der Waals surface area contributed by atoms with Crippen molar-refractivity contribution in [2.24, 2.45) is 11.7 Å².